The molecule has 1 heterocycles. The molecule has 2 aromatic rings. The largest absolute Gasteiger partial charge is 0.495 e. The topological polar surface area (TPSA) is 73.2 Å². The van der Waals surface area contributed by atoms with Gasteiger partial charge in [0.05, 0.1) is 24.1 Å². The van der Waals surface area contributed by atoms with Gasteiger partial charge in [-0.15, -0.1) is 0 Å². The van der Waals surface area contributed by atoms with Crippen LogP contribution < -0.4 is 15.6 Å². The van der Waals surface area contributed by atoms with E-state index >= 15 is 0 Å². The molecule has 0 spiro atoms. The fourth-order valence-electron chi connectivity index (χ4n) is 3.02. The van der Waals surface area contributed by atoms with Crippen molar-refractivity contribution >= 4 is 11.6 Å². The zero-order valence-corrected chi connectivity index (χ0v) is 14.8. The maximum atomic E-state index is 12.9. The minimum atomic E-state index is -4.56. The Morgan fingerprint density at radius 1 is 1.30 bits per heavy atom. The van der Waals surface area contributed by atoms with Crippen molar-refractivity contribution in [2.75, 3.05) is 12.4 Å². The number of halogens is 3. The van der Waals surface area contributed by atoms with Crippen molar-refractivity contribution < 1.29 is 22.7 Å². The van der Waals surface area contributed by atoms with E-state index in [0.29, 0.717) is 0 Å². The molecule has 27 heavy (non-hydrogen) atoms. The summed E-state index contributed by atoms with van der Waals surface area (Å²) >= 11 is 0. The molecular weight excluding hydrogens is 363 g/mol. The lowest BCUT2D eigenvalue weighted by molar-refractivity contribution is -0.137. The molecule has 0 aliphatic heterocycles. The van der Waals surface area contributed by atoms with Crippen molar-refractivity contribution in [3.05, 3.63) is 51.4 Å². The Kier molecular flexibility index (Phi) is 4.95. The van der Waals surface area contributed by atoms with Crippen LogP contribution in [0.4, 0.5) is 18.9 Å². The first-order chi connectivity index (χ1) is 12.7. The van der Waals surface area contributed by atoms with Crippen molar-refractivity contribution in [1.29, 1.82) is 0 Å². The van der Waals surface area contributed by atoms with Gasteiger partial charge in [-0.05, 0) is 49.9 Å². The Hall–Kier alpha value is -2.84. The molecule has 1 atom stereocenters. The number of benzene rings is 1. The van der Waals surface area contributed by atoms with Crippen LogP contribution >= 0.6 is 0 Å². The van der Waals surface area contributed by atoms with Gasteiger partial charge in [-0.1, -0.05) is 0 Å². The number of ether oxygens (including phenoxy) is 1. The van der Waals surface area contributed by atoms with Gasteiger partial charge in [0, 0.05) is 6.07 Å². The molecule has 0 fully saturated rings. The summed E-state index contributed by atoms with van der Waals surface area (Å²) in [4.78, 5) is 24.8. The molecule has 1 aliphatic rings. The number of methoxy groups -OCH3 is 1. The lowest BCUT2D eigenvalue weighted by Gasteiger charge is -2.17. The van der Waals surface area contributed by atoms with Gasteiger partial charge < -0.3 is 10.1 Å². The number of nitrogens with one attached hydrogen (secondary N) is 1. The molecular formula is C18H18F3N3O3. The van der Waals surface area contributed by atoms with Crippen molar-refractivity contribution in [3.63, 3.8) is 0 Å². The van der Waals surface area contributed by atoms with Gasteiger partial charge in [-0.3, -0.25) is 9.59 Å². The van der Waals surface area contributed by atoms with E-state index < -0.39 is 29.2 Å². The SMILES string of the molecule is COc1ccc(C(F)(F)F)cc1NC(=O)C(C)n1nc2c(cc1=O)CCC2. The Labute approximate surface area is 153 Å². The first-order valence-electron chi connectivity index (χ1n) is 8.38. The Morgan fingerprint density at radius 2 is 2.04 bits per heavy atom. The summed E-state index contributed by atoms with van der Waals surface area (Å²) in [5, 5.41) is 6.65. The van der Waals surface area contributed by atoms with Crippen molar-refractivity contribution in [2.24, 2.45) is 0 Å². The van der Waals surface area contributed by atoms with E-state index in [2.05, 4.69) is 10.4 Å². The summed E-state index contributed by atoms with van der Waals surface area (Å²) in [6.45, 7) is 1.46. The monoisotopic (exact) mass is 381 g/mol. The summed E-state index contributed by atoms with van der Waals surface area (Å²) < 4.78 is 44.9. The van der Waals surface area contributed by atoms with Crippen LogP contribution in [0, 0.1) is 0 Å². The Bertz CT molecular complexity index is 938. The molecule has 0 saturated carbocycles. The number of amides is 1. The molecule has 1 N–H and O–H groups in total. The van der Waals surface area contributed by atoms with E-state index in [-0.39, 0.29) is 11.4 Å². The summed E-state index contributed by atoms with van der Waals surface area (Å²) in [6, 6.07) is 3.25. The highest BCUT2D eigenvalue weighted by atomic mass is 19.4. The highest BCUT2D eigenvalue weighted by Crippen LogP contribution is 2.35. The molecule has 1 aromatic carbocycles. The highest BCUT2D eigenvalue weighted by Gasteiger charge is 2.31. The third-order valence-corrected chi connectivity index (χ3v) is 4.51. The van der Waals surface area contributed by atoms with Gasteiger partial charge in [0.1, 0.15) is 11.8 Å². The molecule has 0 radical (unpaired) electrons. The number of carbonyl (C=O) groups excluding carboxylic acids is 1. The second-order valence-electron chi connectivity index (χ2n) is 6.33. The second kappa shape index (κ2) is 7.05. The van der Waals surface area contributed by atoms with Crippen LogP contribution in [-0.2, 0) is 23.8 Å². The van der Waals surface area contributed by atoms with Crippen LogP contribution in [0.15, 0.2) is 29.1 Å². The zero-order valence-electron chi connectivity index (χ0n) is 14.8. The normalized spacial score (nSPS) is 14.6. The lowest BCUT2D eigenvalue weighted by Crippen LogP contribution is -2.34. The van der Waals surface area contributed by atoms with Crippen LogP contribution in [0.5, 0.6) is 5.75 Å². The molecule has 3 rings (SSSR count). The number of anilines is 1. The predicted octanol–water partition coefficient (Wildman–Crippen LogP) is 2.96. The number of alkyl halides is 3. The van der Waals surface area contributed by atoms with E-state index in [1.165, 1.54) is 20.1 Å². The molecule has 1 aromatic heterocycles. The number of aromatic nitrogens is 2. The maximum absolute atomic E-state index is 12.9. The number of nitrogens with zero attached hydrogens (tertiary/aromatic N) is 2. The van der Waals surface area contributed by atoms with E-state index in [1.807, 2.05) is 0 Å². The number of fused-ring (bicyclic) bond motifs is 1. The van der Waals surface area contributed by atoms with Crippen LogP contribution in [0.1, 0.15) is 36.2 Å². The number of aryl methyl sites for hydroxylation is 2. The summed E-state index contributed by atoms with van der Waals surface area (Å²) in [7, 11) is 1.29. The van der Waals surface area contributed by atoms with Gasteiger partial charge >= 0.3 is 6.18 Å². The van der Waals surface area contributed by atoms with Gasteiger partial charge in [0.2, 0.25) is 5.91 Å². The number of carbonyl (C=O) groups is 1. The third kappa shape index (κ3) is 3.81. The maximum Gasteiger partial charge on any atom is 0.416 e. The minimum Gasteiger partial charge on any atom is -0.495 e. The summed E-state index contributed by atoms with van der Waals surface area (Å²) in [5.41, 5.74) is 0.182. The molecule has 6 nitrogen and oxygen atoms in total. The molecule has 1 amide bonds. The second-order valence-corrected chi connectivity index (χ2v) is 6.33. The minimum absolute atomic E-state index is 0.0813. The average Bonchev–Trinajstić information content (AvgIpc) is 3.06. The average molecular weight is 381 g/mol. The van der Waals surface area contributed by atoms with Crippen molar-refractivity contribution in [3.8, 4) is 5.75 Å². The standard InChI is InChI=1S/C18H18F3N3O3/c1-10(24-16(25)8-11-4-3-5-13(11)23-24)17(26)22-14-9-12(18(19,20)21)6-7-15(14)27-2/h6-10H,3-5H2,1-2H3,(H,22,26). The van der Waals surface area contributed by atoms with Crippen LogP contribution in [0.2, 0.25) is 0 Å². The van der Waals surface area contributed by atoms with Crippen molar-refractivity contribution in [1.82, 2.24) is 9.78 Å². The Balaban J connectivity index is 1.88. The predicted molar refractivity (Wildman–Crippen MR) is 91.9 cm³/mol. The van der Waals surface area contributed by atoms with Crippen LogP contribution in [0.25, 0.3) is 0 Å². The van der Waals surface area contributed by atoms with E-state index in [0.717, 1.165) is 53.4 Å². The van der Waals surface area contributed by atoms with E-state index in [4.69, 9.17) is 4.74 Å². The number of hydrogen-bond acceptors (Lipinski definition) is 4. The molecule has 144 valence electrons. The molecule has 9 heteroatoms. The number of hydrogen-bond donors (Lipinski definition) is 1. The molecule has 1 aliphatic carbocycles. The van der Waals surface area contributed by atoms with Gasteiger partial charge in [0.15, 0.2) is 0 Å². The number of rotatable bonds is 4. The van der Waals surface area contributed by atoms with Gasteiger partial charge in [-0.25, -0.2) is 4.68 Å². The van der Waals surface area contributed by atoms with Crippen LogP contribution in [-0.4, -0.2) is 22.8 Å². The third-order valence-electron chi connectivity index (χ3n) is 4.51. The zero-order chi connectivity index (χ0) is 19.8. The molecule has 0 bridgehead atoms. The summed E-state index contributed by atoms with van der Waals surface area (Å²) in [6.07, 6.45) is -2.16. The fraction of sp³-hybridized carbons (Fsp3) is 0.389. The van der Waals surface area contributed by atoms with Crippen molar-refractivity contribution in [2.45, 2.75) is 38.4 Å². The lowest BCUT2D eigenvalue weighted by atomic mass is 10.1. The fourth-order valence-corrected chi connectivity index (χ4v) is 3.02. The van der Waals surface area contributed by atoms with Gasteiger partial charge in [-0.2, -0.15) is 18.3 Å². The quantitative estimate of drug-likeness (QED) is 0.884. The van der Waals surface area contributed by atoms with E-state index in [1.54, 1.807) is 0 Å². The van der Waals surface area contributed by atoms with Crippen LogP contribution in [0.3, 0.4) is 0 Å². The van der Waals surface area contributed by atoms with Gasteiger partial charge in [0.25, 0.3) is 5.56 Å². The smallest absolute Gasteiger partial charge is 0.416 e. The Morgan fingerprint density at radius 3 is 2.70 bits per heavy atom. The van der Waals surface area contributed by atoms with E-state index in [9.17, 15) is 22.8 Å². The highest BCUT2D eigenvalue weighted by molar-refractivity contribution is 5.94. The summed E-state index contributed by atoms with van der Waals surface area (Å²) in [5.74, 6) is -0.585. The first-order valence-corrected chi connectivity index (χ1v) is 8.38. The molecule has 0 saturated heterocycles. The molecule has 1 unspecified atom stereocenters. The first kappa shape index (κ1) is 18.9.